The Balaban J connectivity index is 1.29. The van der Waals surface area contributed by atoms with Gasteiger partial charge in [0.25, 0.3) is 0 Å². The molecule has 0 fully saturated rings. The van der Waals surface area contributed by atoms with E-state index in [1.165, 1.54) is 11.1 Å². The molecule has 1 atom stereocenters. The number of urea groups is 1. The number of hydrogen-bond donors (Lipinski definition) is 2. The van der Waals surface area contributed by atoms with E-state index in [0.717, 1.165) is 37.3 Å². The highest BCUT2D eigenvalue weighted by molar-refractivity contribution is 5.74. The maximum absolute atomic E-state index is 12.3. The van der Waals surface area contributed by atoms with Gasteiger partial charge in [-0.1, -0.05) is 31.2 Å². The second kappa shape index (κ2) is 6.17. The van der Waals surface area contributed by atoms with Crippen molar-refractivity contribution in [3.05, 3.63) is 47.0 Å². The van der Waals surface area contributed by atoms with Crippen molar-refractivity contribution in [1.29, 1.82) is 0 Å². The van der Waals surface area contributed by atoms with Crippen LogP contribution < -0.4 is 10.6 Å². The van der Waals surface area contributed by atoms with Gasteiger partial charge in [-0.25, -0.2) is 14.5 Å². The molecule has 6 heteroatoms. The molecule has 6 nitrogen and oxygen atoms in total. The number of carbonyl (C=O) groups excluding carboxylic acids is 1. The van der Waals surface area contributed by atoms with Crippen molar-refractivity contribution in [2.24, 2.45) is 5.41 Å². The van der Waals surface area contributed by atoms with Crippen molar-refractivity contribution >= 4 is 6.03 Å². The number of aryl methyl sites for hydroxylation is 2. The molecule has 2 amide bonds. The lowest BCUT2D eigenvalue weighted by Crippen LogP contribution is -2.48. The van der Waals surface area contributed by atoms with Crippen LogP contribution in [0.1, 0.15) is 36.1 Å². The molecule has 2 heterocycles. The number of hydrogen-bond acceptors (Lipinski definition) is 3. The Morgan fingerprint density at radius 3 is 2.76 bits per heavy atom. The largest absolute Gasteiger partial charge is 0.338 e. The zero-order valence-corrected chi connectivity index (χ0v) is 14.9. The van der Waals surface area contributed by atoms with Crippen LogP contribution >= 0.6 is 0 Å². The Bertz CT molecular complexity index is 772. The predicted molar refractivity (Wildman–Crippen MR) is 95.4 cm³/mol. The molecule has 2 N–H and O–H groups in total. The van der Waals surface area contributed by atoms with E-state index in [1.54, 1.807) is 0 Å². The Morgan fingerprint density at radius 2 is 2.04 bits per heavy atom. The average Bonchev–Trinajstić information content (AvgIpc) is 3.11. The number of rotatable bonds is 3. The van der Waals surface area contributed by atoms with Gasteiger partial charge in [0.1, 0.15) is 11.6 Å². The summed E-state index contributed by atoms with van der Waals surface area (Å²) in [5, 5.41) is 10.6. The first-order chi connectivity index (χ1) is 12.0. The van der Waals surface area contributed by atoms with Gasteiger partial charge < -0.3 is 10.6 Å². The fraction of sp³-hybridized carbons (Fsp3) is 0.526. The summed E-state index contributed by atoms with van der Waals surface area (Å²) in [6, 6.07) is 8.60. The summed E-state index contributed by atoms with van der Waals surface area (Å²) < 4.78 is 1.92. The van der Waals surface area contributed by atoms with Gasteiger partial charge in [0.15, 0.2) is 0 Å². The molecule has 2 aromatic rings. The predicted octanol–water partition coefficient (Wildman–Crippen LogP) is 2.01. The van der Waals surface area contributed by atoms with E-state index in [9.17, 15) is 4.79 Å². The van der Waals surface area contributed by atoms with Crippen molar-refractivity contribution in [3.63, 3.8) is 0 Å². The zero-order chi connectivity index (χ0) is 17.4. The van der Waals surface area contributed by atoms with E-state index >= 15 is 0 Å². The number of fused-ring (bicyclic) bond motifs is 2. The van der Waals surface area contributed by atoms with E-state index in [0.29, 0.717) is 13.1 Å². The van der Waals surface area contributed by atoms with Crippen LogP contribution in [-0.2, 0) is 25.8 Å². The third-order valence-corrected chi connectivity index (χ3v) is 5.33. The van der Waals surface area contributed by atoms with Crippen LogP contribution in [0, 0.1) is 12.3 Å². The molecular weight excluding hydrogens is 314 g/mol. The number of carbonyl (C=O) groups is 1. The fourth-order valence-corrected chi connectivity index (χ4v) is 4.09. The van der Waals surface area contributed by atoms with Crippen LogP contribution in [0.5, 0.6) is 0 Å². The molecule has 0 saturated carbocycles. The van der Waals surface area contributed by atoms with Crippen molar-refractivity contribution in [2.75, 3.05) is 6.54 Å². The zero-order valence-electron chi connectivity index (χ0n) is 14.9. The van der Waals surface area contributed by atoms with Crippen LogP contribution in [0.25, 0.3) is 0 Å². The monoisotopic (exact) mass is 339 g/mol. The second-order valence-corrected chi connectivity index (χ2v) is 7.75. The smallest absolute Gasteiger partial charge is 0.315 e. The van der Waals surface area contributed by atoms with E-state index < -0.39 is 0 Å². The minimum atomic E-state index is -0.0810. The first kappa shape index (κ1) is 16.1. The normalized spacial score (nSPS) is 20.6. The molecule has 25 heavy (non-hydrogen) atoms. The summed E-state index contributed by atoms with van der Waals surface area (Å²) in [6.07, 6.45) is 3.82. The summed E-state index contributed by atoms with van der Waals surface area (Å²) >= 11 is 0. The number of nitrogens with zero attached hydrogens (tertiary/aromatic N) is 3. The van der Waals surface area contributed by atoms with E-state index in [2.05, 4.69) is 51.9 Å². The fourth-order valence-electron chi connectivity index (χ4n) is 4.09. The summed E-state index contributed by atoms with van der Waals surface area (Å²) in [7, 11) is 0. The molecule has 1 aliphatic heterocycles. The van der Waals surface area contributed by atoms with Crippen LogP contribution in [0.3, 0.4) is 0 Å². The van der Waals surface area contributed by atoms with Gasteiger partial charge >= 0.3 is 6.03 Å². The summed E-state index contributed by atoms with van der Waals surface area (Å²) in [4.78, 5) is 16.7. The van der Waals surface area contributed by atoms with E-state index in [1.807, 2.05) is 11.6 Å². The van der Waals surface area contributed by atoms with E-state index in [-0.39, 0.29) is 17.5 Å². The molecule has 132 valence electrons. The molecule has 0 bridgehead atoms. The van der Waals surface area contributed by atoms with Gasteiger partial charge in [0, 0.05) is 13.0 Å². The lowest BCUT2D eigenvalue weighted by atomic mass is 9.87. The summed E-state index contributed by atoms with van der Waals surface area (Å²) in [6.45, 7) is 5.54. The van der Waals surface area contributed by atoms with Gasteiger partial charge in [-0.05, 0) is 42.7 Å². The van der Waals surface area contributed by atoms with Gasteiger partial charge in [-0.15, -0.1) is 0 Å². The molecule has 1 aromatic heterocycles. The highest BCUT2D eigenvalue weighted by atomic mass is 16.2. The average molecular weight is 339 g/mol. The number of amides is 2. The Hall–Kier alpha value is -2.37. The van der Waals surface area contributed by atoms with Gasteiger partial charge in [-0.2, -0.15) is 5.10 Å². The van der Waals surface area contributed by atoms with Gasteiger partial charge in [0.2, 0.25) is 0 Å². The molecular formula is C19H25N5O. The Labute approximate surface area is 148 Å². The highest BCUT2D eigenvalue weighted by Crippen LogP contribution is 2.35. The topological polar surface area (TPSA) is 71.8 Å². The van der Waals surface area contributed by atoms with Crippen LogP contribution in [-0.4, -0.2) is 33.4 Å². The lowest BCUT2D eigenvalue weighted by Gasteiger charge is -2.27. The molecule has 0 radical (unpaired) electrons. The van der Waals surface area contributed by atoms with Crippen LogP contribution in [0.2, 0.25) is 0 Å². The molecule has 1 aromatic carbocycles. The minimum absolute atomic E-state index is 0.0810. The third kappa shape index (κ3) is 3.38. The molecule has 4 rings (SSSR count). The summed E-state index contributed by atoms with van der Waals surface area (Å²) in [5.74, 6) is 1.82. The van der Waals surface area contributed by atoms with E-state index in [4.69, 9.17) is 0 Å². The molecule has 0 spiro atoms. The minimum Gasteiger partial charge on any atom is -0.338 e. The molecule has 2 aliphatic rings. The van der Waals surface area contributed by atoms with Gasteiger partial charge in [-0.3, -0.25) is 0 Å². The Kier molecular flexibility index (Phi) is 3.98. The molecule has 1 aliphatic carbocycles. The van der Waals surface area contributed by atoms with Gasteiger partial charge in [0.05, 0.1) is 12.6 Å². The Morgan fingerprint density at radius 1 is 1.32 bits per heavy atom. The highest BCUT2D eigenvalue weighted by Gasteiger charge is 2.33. The number of aromatic nitrogens is 3. The second-order valence-electron chi connectivity index (χ2n) is 7.75. The van der Waals surface area contributed by atoms with Crippen molar-refractivity contribution in [1.82, 2.24) is 25.4 Å². The SMILES string of the molecule is Cc1nc2n(n1)C[C@@H](NC(=O)NCC1(C)Cc3ccccc3C1)CC2. The maximum atomic E-state index is 12.3. The number of benzene rings is 1. The molecule has 0 unspecified atom stereocenters. The lowest BCUT2D eigenvalue weighted by molar-refractivity contribution is 0.224. The van der Waals surface area contributed by atoms with Crippen molar-refractivity contribution < 1.29 is 4.79 Å². The first-order valence-electron chi connectivity index (χ1n) is 9.02. The van der Waals surface area contributed by atoms with Crippen LogP contribution in [0.4, 0.5) is 4.79 Å². The van der Waals surface area contributed by atoms with Crippen LogP contribution in [0.15, 0.2) is 24.3 Å². The summed E-state index contributed by atoms with van der Waals surface area (Å²) in [5.41, 5.74) is 2.92. The number of nitrogens with one attached hydrogen (secondary N) is 2. The third-order valence-electron chi connectivity index (χ3n) is 5.33. The quantitative estimate of drug-likeness (QED) is 0.898. The first-order valence-corrected chi connectivity index (χ1v) is 9.02. The van der Waals surface area contributed by atoms with Crippen molar-refractivity contribution in [3.8, 4) is 0 Å². The van der Waals surface area contributed by atoms with Crippen molar-refractivity contribution in [2.45, 2.75) is 52.1 Å². The molecule has 0 saturated heterocycles. The maximum Gasteiger partial charge on any atom is 0.315 e. The standard InChI is InChI=1S/C19H25N5O/c1-13-21-17-8-7-16(11-24(17)23-13)22-18(25)20-12-19(2)9-14-5-3-4-6-15(14)10-19/h3-6,16H,7-12H2,1-2H3,(H2,20,22,25)/t16-/m0/s1.